The monoisotopic (exact) mass is 287 g/mol. The van der Waals surface area contributed by atoms with Gasteiger partial charge in [0, 0.05) is 12.6 Å². The number of amides is 2. The van der Waals surface area contributed by atoms with Crippen molar-refractivity contribution in [1.29, 1.82) is 5.26 Å². The van der Waals surface area contributed by atoms with Crippen molar-refractivity contribution in [3.05, 3.63) is 29.8 Å². The van der Waals surface area contributed by atoms with E-state index in [9.17, 15) is 14.9 Å². The molecule has 1 aromatic carbocycles. The van der Waals surface area contributed by atoms with E-state index in [4.69, 9.17) is 10.5 Å². The summed E-state index contributed by atoms with van der Waals surface area (Å²) in [6.07, 6.45) is 2.39. The SMILES string of the molecule is CN(C(=O)c1ccc(OCC(N)=O)cc1)C1(C#N)CCC1. The standard InChI is InChI=1S/C15H17N3O3/c1-18(15(10-16)7-2-8-15)14(20)11-3-5-12(6-4-11)21-9-13(17)19/h3-6H,2,7-9H2,1H3,(H2,17,19). The van der Waals surface area contributed by atoms with E-state index in [1.54, 1.807) is 31.3 Å². The van der Waals surface area contributed by atoms with Gasteiger partial charge in [0.2, 0.25) is 0 Å². The van der Waals surface area contributed by atoms with Gasteiger partial charge >= 0.3 is 0 Å². The Balaban J connectivity index is 2.06. The zero-order valence-electron chi connectivity index (χ0n) is 11.8. The number of carbonyl (C=O) groups is 2. The maximum Gasteiger partial charge on any atom is 0.255 e. The summed E-state index contributed by atoms with van der Waals surface area (Å²) in [6, 6.07) is 8.66. The van der Waals surface area contributed by atoms with Gasteiger partial charge in [-0.05, 0) is 43.5 Å². The average molecular weight is 287 g/mol. The van der Waals surface area contributed by atoms with Crippen LogP contribution < -0.4 is 10.5 Å². The van der Waals surface area contributed by atoms with E-state index < -0.39 is 11.4 Å². The van der Waals surface area contributed by atoms with Gasteiger partial charge in [0.15, 0.2) is 6.61 Å². The topological polar surface area (TPSA) is 96.4 Å². The third-order valence-electron chi connectivity index (χ3n) is 3.82. The molecule has 6 nitrogen and oxygen atoms in total. The van der Waals surface area contributed by atoms with E-state index in [2.05, 4.69) is 6.07 Å². The van der Waals surface area contributed by atoms with Crippen molar-refractivity contribution in [2.75, 3.05) is 13.7 Å². The second-order valence-corrected chi connectivity index (χ2v) is 5.14. The normalized spacial score (nSPS) is 15.4. The molecule has 21 heavy (non-hydrogen) atoms. The average Bonchev–Trinajstić information content (AvgIpc) is 2.44. The fourth-order valence-corrected chi connectivity index (χ4v) is 2.27. The number of primary amides is 1. The lowest BCUT2D eigenvalue weighted by atomic mass is 9.76. The number of nitrogens with two attached hydrogens (primary N) is 1. The molecule has 1 fully saturated rings. The number of ether oxygens (including phenoxy) is 1. The largest absolute Gasteiger partial charge is 0.484 e. The van der Waals surface area contributed by atoms with Crippen molar-refractivity contribution >= 4 is 11.8 Å². The second-order valence-electron chi connectivity index (χ2n) is 5.14. The van der Waals surface area contributed by atoms with E-state index in [0.29, 0.717) is 24.2 Å². The van der Waals surface area contributed by atoms with Gasteiger partial charge in [0.05, 0.1) is 6.07 Å². The Morgan fingerprint density at radius 3 is 2.43 bits per heavy atom. The molecule has 0 radical (unpaired) electrons. The zero-order valence-corrected chi connectivity index (χ0v) is 11.8. The highest BCUT2D eigenvalue weighted by Crippen LogP contribution is 2.37. The summed E-state index contributed by atoms with van der Waals surface area (Å²) in [5.74, 6) is -0.292. The Morgan fingerprint density at radius 1 is 1.38 bits per heavy atom. The number of nitrogens with zero attached hydrogens (tertiary/aromatic N) is 2. The highest BCUT2D eigenvalue weighted by Gasteiger charge is 2.43. The van der Waals surface area contributed by atoms with Crippen LogP contribution in [0.15, 0.2) is 24.3 Å². The summed E-state index contributed by atoms with van der Waals surface area (Å²) in [5.41, 5.74) is 4.80. The zero-order chi connectivity index (χ0) is 15.5. The molecule has 110 valence electrons. The molecule has 1 aliphatic rings. The Bertz CT molecular complexity index is 585. The first-order chi connectivity index (χ1) is 9.98. The molecule has 1 aromatic rings. The summed E-state index contributed by atoms with van der Waals surface area (Å²) in [4.78, 5) is 24.5. The lowest BCUT2D eigenvalue weighted by Crippen LogP contribution is -2.53. The van der Waals surface area contributed by atoms with Crippen LogP contribution in [0.5, 0.6) is 5.75 Å². The van der Waals surface area contributed by atoms with Gasteiger partial charge in [-0.15, -0.1) is 0 Å². The van der Waals surface area contributed by atoms with Crippen LogP contribution in [-0.2, 0) is 4.79 Å². The number of nitriles is 1. The van der Waals surface area contributed by atoms with Crippen LogP contribution in [-0.4, -0.2) is 35.9 Å². The fourth-order valence-electron chi connectivity index (χ4n) is 2.27. The predicted molar refractivity (Wildman–Crippen MR) is 75.4 cm³/mol. The molecule has 0 spiro atoms. The lowest BCUT2D eigenvalue weighted by Gasteiger charge is -2.42. The van der Waals surface area contributed by atoms with Crippen LogP contribution in [0.3, 0.4) is 0 Å². The highest BCUT2D eigenvalue weighted by molar-refractivity contribution is 5.95. The van der Waals surface area contributed by atoms with E-state index >= 15 is 0 Å². The van der Waals surface area contributed by atoms with Crippen molar-refractivity contribution in [1.82, 2.24) is 4.90 Å². The summed E-state index contributed by atoms with van der Waals surface area (Å²) in [6.45, 7) is -0.204. The van der Waals surface area contributed by atoms with Crippen molar-refractivity contribution in [2.24, 2.45) is 5.73 Å². The number of benzene rings is 1. The Kier molecular flexibility index (Phi) is 4.13. The summed E-state index contributed by atoms with van der Waals surface area (Å²) >= 11 is 0. The van der Waals surface area contributed by atoms with Crippen LogP contribution in [0, 0.1) is 11.3 Å². The second kappa shape index (κ2) is 5.83. The van der Waals surface area contributed by atoms with Crippen molar-refractivity contribution in [3.8, 4) is 11.8 Å². The maximum absolute atomic E-state index is 12.4. The molecule has 2 rings (SSSR count). The van der Waals surface area contributed by atoms with Crippen LogP contribution in [0.2, 0.25) is 0 Å². The van der Waals surface area contributed by atoms with Crippen molar-refractivity contribution in [2.45, 2.75) is 24.8 Å². The van der Waals surface area contributed by atoms with E-state index in [0.717, 1.165) is 6.42 Å². The summed E-state index contributed by atoms with van der Waals surface area (Å²) in [7, 11) is 1.65. The van der Waals surface area contributed by atoms with E-state index in [1.165, 1.54) is 4.90 Å². The smallest absolute Gasteiger partial charge is 0.255 e. The Hall–Kier alpha value is -2.55. The van der Waals surface area contributed by atoms with Gasteiger partial charge in [-0.2, -0.15) is 5.26 Å². The third kappa shape index (κ3) is 2.97. The minimum atomic E-state index is -0.668. The van der Waals surface area contributed by atoms with Crippen LogP contribution in [0.4, 0.5) is 0 Å². The van der Waals surface area contributed by atoms with Crippen LogP contribution in [0.1, 0.15) is 29.6 Å². The molecule has 0 atom stereocenters. The maximum atomic E-state index is 12.4. The Morgan fingerprint density at radius 2 is 2.00 bits per heavy atom. The first-order valence-electron chi connectivity index (χ1n) is 6.69. The number of hydrogen-bond donors (Lipinski definition) is 1. The van der Waals surface area contributed by atoms with Crippen molar-refractivity contribution in [3.63, 3.8) is 0 Å². The van der Waals surface area contributed by atoms with Crippen molar-refractivity contribution < 1.29 is 14.3 Å². The lowest BCUT2D eigenvalue weighted by molar-refractivity contribution is -0.119. The van der Waals surface area contributed by atoms with Gasteiger partial charge < -0.3 is 15.4 Å². The van der Waals surface area contributed by atoms with E-state index in [-0.39, 0.29) is 12.5 Å². The minimum absolute atomic E-state index is 0.197. The number of rotatable bonds is 5. The summed E-state index contributed by atoms with van der Waals surface area (Å²) < 4.78 is 5.13. The summed E-state index contributed by atoms with van der Waals surface area (Å²) in [5, 5.41) is 9.26. The van der Waals surface area contributed by atoms with Gasteiger partial charge in [0.1, 0.15) is 11.3 Å². The van der Waals surface area contributed by atoms with Crippen LogP contribution in [0.25, 0.3) is 0 Å². The molecule has 2 amide bonds. The molecule has 0 heterocycles. The number of hydrogen-bond acceptors (Lipinski definition) is 4. The van der Waals surface area contributed by atoms with Gasteiger partial charge in [-0.1, -0.05) is 0 Å². The van der Waals surface area contributed by atoms with Gasteiger partial charge in [0.25, 0.3) is 11.8 Å². The number of carbonyl (C=O) groups excluding carboxylic acids is 2. The first-order valence-corrected chi connectivity index (χ1v) is 6.69. The van der Waals surface area contributed by atoms with Gasteiger partial charge in [-0.25, -0.2) is 0 Å². The fraction of sp³-hybridized carbons (Fsp3) is 0.400. The molecular formula is C15H17N3O3. The van der Waals surface area contributed by atoms with Gasteiger partial charge in [-0.3, -0.25) is 9.59 Å². The molecular weight excluding hydrogens is 270 g/mol. The van der Waals surface area contributed by atoms with Crippen LogP contribution >= 0.6 is 0 Å². The molecule has 0 saturated heterocycles. The molecule has 6 heteroatoms. The van der Waals surface area contributed by atoms with E-state index in [1.807, 2.05) is 0 Å². The minimum Gasteiger partial charge on any atom is -0.484 e. The molecule has 2 N–H and O–H groups in total. The highest BCUT2D eigenvalue weighted by atomic mass is 16.5. The first kappa shape index (κ1) is 14.9. The predicted octanol–water partition coefficient (Wildman–Crippen LogP) is 1.07. The Labute approximate surface area is 123 Å². The molecule has 0 aliphatic heterocycles. The molecule has 1 aliphatic carbocycles. The quantitative estimate of drug-likeness (QED) is 0.876. The molecule has 0 unspecified atom stereocenters. The third-order valence-corrected chi connectivity index (χ3v) is 3.82. The molecule has 1 saturated carbocycles. The molecule has 0 aromatic heterocycles. The molecule has 0 bridgehead atoms.